The van der Waals surface area contributed by atoms with Gasteiger partial charge in [-0.05, 0) is 37.2 Å². The van der Waals surface area contributed by atoms with Gasteiger partial charge in [-0.3, -0.25) is 0 Å². The highest BCUT2D eigenvalue weighted by Crippen LogP contribution is 2.34. The van der Waals surface area contributed by atoms with Crippen molar-refractivity contribution in [2.24, 2.45) is 0 Å². The van der Waals surface area contributed by atoms with E-state index in [2.05, 4.69) is 21.2 Å². The lowest BCUT2D eigenvalue weighted by atomic mass is 10.0. The number of nitrogens with one attached hydrogen (secondary N) is 1. The maximum absolute atomic E-state index is 12.6. The summed E-state index contributed by atoms with van der Waals surface area (Å²) < 4.78 is 38.6. The molecule has 0 spiro atoms. The van der Waals surface area contributed by atoms with Gasteiger partial charge in [0.1, 0.15) is 6.04 Å². The van der Waals surface area contributed by atoms with Gasteiger partial charge in [0, 0.05) is 4.47 Å². The van der Waals surface area contributed by atoms with E-state index in [4.69, 9.17) is 0 Å². The molecule has 0 saturated heterocycles. The molecule has 1 aromatic rings. The van der Waals surface area contributed by atoms with Crippen LogP contribution in [0.25, 0.3) is 0 Å². The quantitative estimate of drug-likeness (QED) is 0.869. The normalized spacial score (nSPS) is 13.1. The van der Waals surface area contributed by atoms with Crippen molar-refractivity contribution >= 4 is 28.3 Å². The van der Waals surface area contributed by atoms with Gasteiger partial charge in [0.25, 0.3) is 0 Å². The summed E-state index contributed by atoms with van der Waals surface area (Å²) in [5, 5.41) is 2.28. The van der Waals surface area contributed by atoms with Crippen molar-refractivity contribution in [2.45, 2.75) is 19.1 Å². The third-order valence-electron chi connectivity index (χ3n) is 2.16. The summed E-state index contributed by atoms with van der Waals surface area (Å²) in [6.45, 7) is 1.66. The number of hydrogen-bond donors (Lipinski definition) is 1. The fourth-order valence-corrected chi connectivity index (χ4v) is 1.93. The van der Waals surface area contributed by atoms with Crippen molar-refractivity contribution < 1.29 is 13.2 Å². The van der Waals surface area contributed by atoms with Gasteiger partial charge in [-0.1, -0.05) is 22.0 Å². The van der Waals surface area contributed by atoms with Crippen LogP contribution in [0.15, 0.2) is 22.7 Å². The first-order valence-electron chi connectivity index (χ1n) is 4.36. The van der Waals surface area contributed by atoms with Gasteiger partial charge in [-0.25, -0.2) is 0 Å². The maximum atomic E-state index is 12.6. The van der Waals surface area contributed by atoms with Crippen molar-refractivity contribution in [3.8, 4) is 0 Å². The summed E-state index contributed by atoms with van der Waals surface area (Å²) in [6.07, 6.45) is -4.27. The average molecular weight is 319 g/mol. The zero-order chi connectivity index (χ0) is 11.6. The van der Waals surface area contributed by atoms with E-state index in [1.54, 1.807) is 19.1 Å². The SMILES string of the molecule is CNC(c1ccc(Br)cc1C)C(F)(F)F.Cl. The third-order valence-corrected chi connectivity index (χ3v) is 2.65. The molecule has 1 aromatic carbocycles. The van der Waals surface area contributed by atoms with E-state index in [9.17, 15) is 13.2 Å². The topological polar surface area (TPSA) is 12.0 Å². The molecule has 92 valence electrons. The molecule has 0 aliphatic carbocycles. The zero-order valence-corrected chi connectivity index (χ0v) is 11.1. The first-order chi connectivity index (χ1) is 6.86. The number of halogens is 5. The van der Waals surface area contributed by atoms with Crippen molar-refractivity contribution in [1.82, 2.24) is 5.32 Å². The van der Waals surface area contributed by atoms with E-state index >= 15 is 0 Å². The van der Waals surface area contributed by atoms with Crippen molar-refractivity contribution in [1.29, 1.82) is 0 Å². The van der Waals surface area contributed by atoms with Gasteiger partial charge in [0.15, 0.2) is 0 Å². The minimum Gasteiger partial charge on any atom is -0.306 e. The first kappa shape index (κ1) is 15.7. The molecule has 0 bridgehead atoms. The lowest BCUT2D eigenvalue weighted by Crippen LogP contribution is -2.32. The molecule has 1 rings (SSSR count). The van der Waals surface area contributed by atoms with E-state index in [-0.39, 0.29) is 18.0 Å². The van der Waals surface area contributed by atoms with E-state index in [0.29, 0.717) is 5.56 Å². The highest BCUT2D eigenvalue weighted by atomic mass is 79.9. The molecular weight excluding hydrogens is 306 g/mol. The Bertz CT molecular complexity index is 354. The van der Waals surface area contributed by atoms with Crippen LogP contribution in [0, 0.1) is 6.92 Å². The number of rotatable bonds is 2. The second-order valence-corrected chi connectivity index (χ2v) is 4.18. The fourth-order valence-electron chi connectivity index (χ4n) is 1.46. The Labute approximate surface area is 107 Å². The molecule has 6 heteroatoms. The molecule has 1 N–H and O–H groups in total. The summed E-state index contributed by atoms with van der Waals surface area (Å²) in [5.74, 6) is 0. The zero-order valence-electron chi connectivity index (χ0n) is 8.73. The summed E-state index contributed by atoms with van der Waals surface area (Å²) in [7, 11) is 1.31. The van der Waals surface area contributed by atoms with Crippen LogP contribution in [0.3, 0.4) is 0 Å². The van der Waals surface area contributed by atoms with E-state index in [1.807, 2.05) is 0 Å². The summed E-state index contributed by atoms with van der Waals surface area (Å²) in [5.41, 5.74) is 0.870. The third kappa shape index (κ3) is 3.64. The highest BCUT2D eigenvalue weighted by molar-refractivity contribution is 9.10. The van der Waals surface area contributed by atoms with Gasteiger partial charge in [0.2, 0.25) is 0 Å². The molecule has 1 atom stereocenters. The van der Waals surface area contributed by atoms with Crippen LogP contribution in [0.1, 0.15) is 17.2 Å². The molecule has 0 amide bonds. The van der Waals surface area contributed by atoms with Crippen LogP contribution in [-0.2, 0) is 0 Å². The van der Waals surface area contributed by atoms with Crippen molar-refractivity contribution in [3.63, 3.8) is 0 Å². The van der Waals surface area contributed by atoms with E-state index in [0.717, 1.165) is 4.47 Å². The van der Waals surface area contributed by atoms with Gasteiger partial charge in [0.05, 0.1) is 0 Å². The second-order valence-electron chi connectivity index (χ2n) is 3.26. The van der Waals surface area contributed by atoms with Crippen LogP contribution in [-0.4, -0.2) is 13.2 Å². The van der Waals surface area contributed by atoms with Crippen LogP contribution < -0.4 is 5.32 Å². The summed E-state index contributed by atoms with van der Waals surface area (Å²) >= 11 is 3.22. The van der Waals surface area contributed by atoms with Gasteiger partial charge >= 0.3 is 6.18 Å². The number of benzene rings is 1. The fraction of sp³-hybridized carbons (Fsp3) is 0.400. The molecule has 1 nitrogen and oxygen atoms in total. The second kappa shape index (κ2) is 5.89. The first-order valence-corrected chi connectivity index (χ1v) is 5.15. The minimum absolute atomic E-state index is 0. The highest BCUT2D eigenvalue weighted by Gasteiger charge is 2.40. The molecule has 0 saturated carbocycles. The van der Waals surface area contributed by atoms with Gasteiger partial charge in [-0.2, -0.15) is 13.2 Å². The van der Waals surface area contributed by atoms with E-state index in [1.165, 1.54) is 13.1 Å². The Morgan fingerprint density at radius 1 is 1.31 bits per heavy atom. The molecular formula is C10H12BrClF3N. The lowest BCUT2D eigenvalue weighted by Gasteiger charge is -2.21. The molecule has 0 aliphatic heterocycles. The Morgan fingerprint density at radius 2 is 1.88 bits per heavy atom. The van der Waals surface area contributed by atoms with Crippen LogP contribution in [0.5, 0.6) is 0 Å². The Hall–Kier alpha value is -0.260. The number of hydrogen-bond acceptors (Lipinski definition) is 1. The molecule has 0 radical (unpaired) electrons. The maximum Gasteiger partial charge on any atom is 0.407 e. The standard InChI is InChI=1S/C10H11BrF3N.ClH/c1-6-5-7(11)3-4-8(6)9(15-2)10(12,13)14;/h3-5,9,15H,1-2H3;1H. The Balaban J connectivity index is 0.00000225. The minimum atomic E-state index is -4.27. The molecule has 0 heterocycles. The van der Waals surface area contributed by atoms with Gasteiger partial charge in [-0.15, -0.1) is 12.4 Å². The smallest absolute Gasteiger partial charge is 0.306 e. The van der Waals surface area contributed by atoms with Crippen LogP contribution in [0.4, 0.5) is 13.2 Å². The number of aryl methyl sites for hydroxylation is 1. The Morgan fingerprint density at radius 3 is 2.25 bits per heavy atom. The molecule has 16 heavy (non-hydrogen) atoms. The van der Waals surface area contributed by atoms with Crippen molar-refractivity contribution in [2.75, 3.05) is 7.05 Å². The molecule has 0 aliphatic rings. The molecule has 1 unspecified atom stereocenters. The van der Waals surface area contributed by atoms with Crippen LogP contribution >= 0.6 is 28.3 Å². The predicted molar refractivity (Wildman–Crippen MR) is 64.0 cm³/mol. The molecule has 0 aromatic heterocycles. The largest absolute Gasteiger partial charge is 0.407 e. The predicted octanol–water partition coefficient (Wildman–Crippen LogP) is 4.00. The Kier molecular flexibility index (Phi) is 5.79. The van der Waals surface area contributed by atoms with E-state index < -0.39 is 12.2 Å². The monoisotopic (exact) mass is 317 g/mol. The average Bonchev–Trinajstić information content (AvgIpc) is 2.07. The molecule has 0 fully saturated rings. The lowest BCUT2D eigenvalue weighted by molar-refractivity contribution is -0.156. The number of alkyl halides is 3. The summed E-state index contributed by atoms with van der Waals surface area (Å²) in [4.78, 5) is 0. The summed E-state index contributed by atoms with van der Waals surface area (Å²) in [6, 6.07) is 3.16. The van der Waals surface area contributed by atoms with Crippen LogP contribution in [0.2, 0.25) is 0 Å². The van der Waals surface area contributed by atoms with Gasteiger partial charge < -0.3 is 5.32 Å². The van der Waals surface area contributed by atoms with Crippen molar-refractivity contribution in [3.05, 3.63) is 33.8 Å².